The van der Waals surface area contributed by atoms with Crippen LogP contribution in [0, 0.1) is 0 Å². The first-order valence-corrected chi connectivity index (χ1v) is 12.8. The van der Waals surface area contributed by atoms with E-state index in [1.54, 1.807) is 12.1 Å². The van der Waals surface area contributed by atoms with Gasteiger partial charge in [0.1, 0.15) is 0 Å². The zero-order chi connectivity index (χ0) is 23.4. The SMILES string of the molecule is CCN1Cc2ccc(CS(=O)(=O)c3ccc(NC(=O)NC(C)c4ccccc4)cc3)cc2C1. The molecule has 2 amide bonds. The van der Waals surface area contributed by atoms with Crippen LogP contribution < -0.4 is 10.6 Å². The Kier molecular flexibility index (Phi) is 6.81. The minimum atomic E-state index is -3.49. The fourth-order valence-electron chi connectivity index (χ4n) is 4.07. The van der Waals surface area contributed by atoms with Crippen molar-refractivity contribution in [2.75, 3.05) is 11.9 Å². The normalized spacial score (nSPS) is 14.5. The van der Waals surface area contributed by atoms with E-state index in [0.717, 1.165) is 30.8 Å². The molecule has 1 unspecified atom stereocenters. The Labute approximate surface area is 195 Å². The van der Waals surface area contributed by atoms with Crippen LogP contribution in [0.5, 0.6) is 0 Å². The molecular formula is C26H29N3O3S. The Morgan fingerprint density at radius 2 is 1.67 bits per heavy atom. The molecular weight excluding hydrogens is 434 g/mol. The van der Waals surface area contributed by atoms with Gasteiger partial charge in [-0.1, -0.05) is 55.5 Å². The van der Waals surface area contributed by atoms with Crippen LogP contribution in [0.15, 0.2) is 77.7 Å². The molecule has 0 fully saturated rings. The molecule has 3 aromatic carbocycles. The van der Waals surface area contributed by atoms with E-state index in [1.807, 2.05) is 55.5 Å². The molecule has 2 N–H and O–H groups in total. The number of nitrogens with one attached hydrogen (secondary N) is 2. The summed E-state index contributed by atoms with van der Waals surface area (Å²) in [6.45, 7) is 6.80. The molecule has 0 aromatic heterocycles. The van der Waals surface area contributed by atoms with E-state index in [4.69, 9.17) is 0 Å². The molecule has 33 heavy (non-hydrogen) atoms. The number of carbonyl (C=O) groups excluding carboxylic acids is 1. The zero-order valence-electron chi connectivity index (χ0n) is 18.9. The first kappa shape index (κ1) is 23.0. The van der Waals surface area contributed by atoms with E-state index in [2.05, 4.69) is 22.5 Å². The molecule has 3 aromatic rings. The van der Waals surface area contributed by atoms with E-state index in [-0.39, 0.29) is 22.7 Å². The average Bonchev–Trinajstić information content (AvgIpc) is 3.22. The predicted octanol–water partition coefficient (Wildman–Crippen LogP) is 4.88. The highest BCUT2D eigenvalue weighted by molar-refractivity contribution is 7.90. The highest BCUT2D eigenvalue weighted by Crippen LogP contribution is 2.26. The molecule has 4 rings (SSSR count). The van der Waals surface area contributed by atoms with Gasteiger partial charge >= 0.3 is 6.03 Å². The quantitative estimate of drug-likeness (QED) is 0.524. The highest BCUT2D eigenvalue weighted by atomic mass is 32.2. The summed E-state index contributed by atoms with van der Waals surface area (Å²) in [7, 11) is -3.49. The predicted molar refractivity (Wildman–Crippen MR) is 131 cm³/mol. The van der Waals surface area contributed by atoms with Crippen molar-refractivity contribution in [2.24, 2.45) is 0 Å². The number of anilines is 1. The van der Waals surface area contributed by atoms with Gasteiger partial charge in [-0.2, -0.15) is 0 Å². The van der Waals surface area contributed by atoms with Gasteiger partial charge in [-0.25, -0.2) is 13.2 Å². The molecule has 7 heteroatoms. The lowest BCUT2D eigenvalue weighted by Crippen LogP contribution is -2.31. The van der Waals surface area contributed by atoms with Crippen molar-refractivity contribution in [1.29, 1.82) is 0 Å². The lowest BCUT2D eigenvalue weighted by atomic mass is 10.1. The van der Waals surface area contributed by atoms with Gasteiger partial charge in [-0.05, 0) is 60.0 Å². The molecule has 0 saturated carbocycles. The maximum atomic E-state index is 12.9. The Morgan fingerprint density at radius 3 is 2.36 bits per heavy atom. The fraction of sp³-hybridized carbons (Fsp3) is 0.269. The number of carbonyl (C=O) groups is 1. The summed E-state index contributed by atoms with van der Waals surface area (Å²) < 4.78 is 25.9. The summed E-state index contributed by atoms with van der Waals surface area (Å²) in [4.78, 5) is 14.9. The van der Waals surface area contributed by atoms with E-state index in [9.17, 15) is 13.2 Å². The second-order valence-electron chi connectivity index (χ2n) is 8.42. The number of rotatable bonds is 7. The van der Waals surface area contributed by atoms with Gasteiger partial charge < -0.3 is 10.6 Å². The van der Waals surface area contributed by atoms with Gasteiger partial charge in [0.15, 0.2) is 9.84 Å². The average molecular weight is 464 g/mol. The summed E-state index contributed by atoms with van der Waals surface area (Å²) in [5.74, 6) is -0.0474. The minimum absolute atomic E-state index is 0.0474. The third-order valence-electron chi connectivity index (χ3n) is 5.98. The van der Waals surface area contributed by atoms with Crippen LogP contribution in [0.2, 0.25) is 0 Å². The molecule has 172 valence electrons. The fourth-order valence-corrected chi connectivity index (χ4v) is 5.40. The standard InChI is InChI=1S/C26H29N3O3S/c1-3-29-16-22-10-9-20(15-23(22)17-29)18-33(31,32)25-13-11-24(12-14-25)28-26(30)27-19(2)21-7-5-4-6-8-21/h4-15,19H,3,16-18H2,1-2H3,(H2,27,28,30). The Morgan fingerprint density at radius 1 is 0.970 bits per heavy atom. The Bertz CT molecular complexity index is 1230. The van der Waals surface area contributed by atoms with Crippen LogP contribution in [-0.2, 0) is 28.7 Å². The number of hydrogen-bond donors (Lipinski definition) is 2. The van der Waals surface area contributed by atoms with E-state index < -0.39 is 9.84 Å². The van der Waals surface area contributed by atoms with Crippen LogP contribution in [0.1, 0.15) is 42.1 Å². The lowest BCUT2D eigenvalue weighted by Gasteiger charge is -2.15. The molecule has 1 atom stereocenters. The van der Waals surface area contributed by atoms with Gasteiger partial charge in [-0.3, -0.25) is 4.90 Å². The smallest absolute Gasteiger partial charge is 0.319 e. The summed E-state index contributed by atoms with van der Waals surface area (Å²) in [6, 6.07) is 21.4. The van der Waals surface area contributed by atoms with Gasteiger partial charge in [0, 0.05) is 18.8 Å². The minimum Gasteiger partial charge on any atom is -0.331 e. The number of urea groups is 1. The van der Waals surface area contributed by atoms with Crippen LogP contribution in [0.25, 0.3) is 0 Å². The van der Waals surface area contributed by atoms with Crippen molar-refractivity contribution in [1.82, 2.24) is 10.2 Å². The van der Waals surface area contributed by atoms with E-state index in [0.29, 0.717) is 5.69 Å². The third-order valence-corrected chi connectivity index (χ3v) is 7.68. The second-order valence-corrected chi connectivity index (χ2v) is 10.4. The number of hydrogen-bond acceptors (Lipinski definition) is 4. The first-order valence-electron chi connectivity index (χ1n) is 11.1. The van der Waals surface area contributed by atoms with Crippen LogP contribution >= 0.6 is 0 Å². The monoisotopic (exact) mass is 463 g/mol. The van der Waals surface area contributed by atoms with Gasteiger partial charge in [0.2, 0.25) is 0 Å². The molecule has 0 bridgehead atoms. The third kappa shape index (κ3) is 5.61. The summed E-state index contributed by atoms with van der Waals surface area (Å²) >= 11 is 0. The first-order chi connectivity index (χ1) is 15.8. The molecule has 1 aliphatic heterocycles. The Balaban J connectivity index is 1.38. The maximum Gasteiger partial charge on any atom is 0.319 e. The maximum absolute atomic E-state index is 12.9. The van der Waals surface area contributed by atoms with E-state index in [1.165, 1.54) is 23.3 Å². The number of benzene rings is 3. The van der Waals surface area contributed by atoms with Gasteiger partial charge in [-0.15, -0.1) is 0 Å². The Hall–Kier alpha value is -3.16. The molecule has 1 aliphatic rings. The van der Waals surface area contributed by atoms with Gasteiger partial charge in [0.25, 0.3) is 0 Å². The van der Waals surface area contributed by atoms with E-state index >= 15 is 0 Å². The number of fused-ring (bicyclic) bond motifs is 1. The van der Waals surface area contributed by atoms with Crippen LogP contribution in [0.3, 0.4) is 0 Å². The molecule has 0 aliphatic carbocycles. The van der Waals surface area contributed by atoms with Crippen molar-refractivity contribution in [2.45, 2.75) is 43.6 Å². The van der Waals surface area contributed by atoms with Gasteiger partial charge in [0.05, 0.1) is 16.7 Å². The summed E-state index contributed by atoms with van der Waals surface area (Å²) in [5.41, 5.74) is 4.81. The summed E-state index contributed by atoms with van der Waals surface area (Å²) in [5, 5.41) is 5.64. The molecule has 0 radical (unpaired) electrons. The topological polar surface area (TPSA) is 78.5 Å². The van der Waals surface area contributed by atoms with Crippen LogP contribution in [-0.4, -0.2) is 25.9 Å². The number of nitrogens with zero attached hydrogens (tertiary/aromatic N) is 1. The molecule has 0 spiro atoms. The second kappa shape index (κ2) is 9.77. The molecule has 1 heterocycles. The van der Waals surface area contributed by atoms with Crippen molar-refractivity contribution in [3.8, 4) is 0 Å². The van der Waals surface area contributed by atoms with Crippen molar-refractivity contribution < 1.29 is 13.2 Å². The molecule has 6 nitrogen and oxygen atoms in total. The zero-order valence-corrected chi connectivity index (χ0v) is 19.7. The van der Waals surface area contributed by atoms with Crippen molar-refractivity contribution >= 4 is 21.6 Å². The van der Waals surface area contributed by atoms with Crippen LogP contribution in [0.4, 0.5) is 10.5 Å². The molecule has 0 saturated heterocycles. The number of sulfone groups is 1. The van der Waals surface area contributed by atoms with Crippen molar-refractivity contribution in [3.63, 3.8) is 0 Å². The summed E-state index contributed by atoms with van der Waals surface area (Å²) in [6.07, 6.45) is 0. The highest BCUT2D eigenvalue weighted by Gasteiger charge is 2.20. The largest absolute Gasteiger partial charge is 0.331 e. The number of amides is 2. The van der Waals surface area contributed by atoms with Crippen molar-refractivity contribution in [3.05, 3.63) is 95.1 Å². The lowest BCUT2D eigenvalue weighted by molar-refractivity contribution is 0.249.